The van der Waals surface area contributed by atoms with Crippen molar-refractivity contribution in [3.8, 4) is 22.6 Å². The fourth-order valence-corrected chi connectivity index (χ4v) is 6.36. The Morgan fingerprint density at radius 3 is 2.33 bits per heavy atom. The molecule has 4 N–H and O–H groups in total. The smallest absolute Gasteiger partial charge is 0.264 e. The summed E-state index contributed by atoms with van der Waals surface area (Å²) in [5, 5.41) is 24.3. The number of sulfonamides is 1. The predicted octanol–water partition coefficient (Wildman–Crippen LogP) is 4.46. The van der Waals surface area contributed by atoms with Gasteiger partial charge in [-0.1, -0.05) is 6.07 Å². The standard InChI is InChI=1S/C26H22N8O3S3/c1-15-12-16(2)31-26(30-15)34-40(36,37)18-7-5-17(6-8-18)32-22(35)9-11-39-25-20(14-28)23(21-4-3-10-38-21)19(13-27)24(29)33-25/h3-8,10,12H,9,11H2,1-2H3,(H2,29,33)(H,32,35)(H,30,31,34). The lowest BCUT2D eigenvalue weighted by molar-refractivity contribution is -0.115. The molecule has 4 rings (SSSR count). The van der Waals surface area contributed by atoms with Crippen molar-refractivity contribution in [1.82, 2.24) is 15.0 Å². The van der Waals surface area contributed by atoms with Crippen LogP contribution in [0.2, 0.25) is 0 Å². The van der Waals surface area contributed by atoms with Crippen molar-refractivity contribution >= 4 is 56.5 Å². The number of nitrogens with zero attached hydrogens (tertiary/aromatic N) is 5. The van der Waals surface area contributed by atoms with Crippen LogP contribution in [0.3, 0.4) is 0 Å². The highest BCUT2D eigenvalue weighted by Gasteiger charge is 2.21. The molecule has 202 valence electrons. The summed E-state index contributed by atoms with van der Waals surface area (Å²) in [5.74, 6) is -0.0309. The second-order valence-corrected chi connectivity index (χ2v) is 12.1. The van der Waals surface area contributed by atoms with E-state index >= 15 is 0 Å². The van der Waals surface area contributed by atoms with Crippen LogP contribution in [0.1, 0.15) is 28.9 Å². The number of hydrogen-bond donors (Lipinski definition) is 3. The lowest BCUT2D eigenvalue weighted by atomic mass is 10.0. The zero-order valence-electron chi connectivity index (χ0n) is 21.3. The fraction of sp³-hybridized carbons (Fsp3) is 0.154. The number of pyridine rings is 1. The largest absolute Gasteiger partial charge is 0.383 e. The molecule has 0 atom stereocenters. The first-order chi connectivity index (χ1) is 19.1. The molecule has 0 saturated heterocycles. The SMILES string of the molecule is Cc1cc(C)nc(NS(=O)(=O)c2ccc(NC(=O)CCSc3nc(N)c(C#N)c(-c4cccs4)c3C#N)cc2)n1. The number of thioether (sulfide) groups is 1. The Hall–Kier alpha value is -4.50. The molecule has 4 aromatic rings. The van der Waals surface area contributed by atoms with E-state index in [4.69, 9.17) is 5.73 Å². The summed E-state index contributed by atoms with van der Waals surface area (Å²) in [7, 11) is -3.93. The number of aromatic nitrogens is 3. The highest BCUT2D eigenvalue weighted by Crippen LogP contribution is 2.37. The second-order valence-electron chi connectivity index (χ2n) is 8.38. The molecule has 0 aliphatic rings. The zero-order chi connectivity index (χ0) is 28.9. The first-order valence-electron chi connectivity index (χ1n) is 11.7. The first-order valence-corrected chi connectivity index (χ1v) is 15.0. The number of nitrogens with one attached hydrogen (secondary N) is 2. The van der Waals surface area contributed by atoms with Gasteiger partial charge in [-0.15, -0.1) is 23.1 Å². The van der Waals surface area contributed by atoms with E-state index in [1.54, 1.807) is 26.0 Å². The minimum atomic E-state index is -3.93. The van der Waals surface area contributed by atoms with E-state index in [2.05, 4.69) is 31.1 Å². The molecule has 14 heteroatoms. The van der Waals surface area contributed by atoms with E-state index in [1.165, 1.54) is 47.4 Å². The topological polar surface area (TPSA) is 188 Å². The van der Waals surface area contributed by atoms with E-state index < -0.39 is 10.0 Å². The summed E-state index contributed by atoms with van der Waals surface area (Å²) >= 11 is 2.56. The molecule has 0 aliphatic heterocycles. The van der Waals surface area contributed by atoms with Crippen molar-refractivity contribution in [2.45, 2.75) is 30.2 Å². The highest BCUT2D eigenvalue weighted by molar-refractivity contribution is 7.99. The molecule has 1 aromatic carbocycles. The molecule has 0 spiro atoms. The quantitative estimate of drug-likeness (QED) is 0.235. The third kappa shape index (κ3) is 6.55. The molecule has 0 radical (unpaired) electrons. The molecule has 0 fully saturated rings. The first kappa shape index (κ1) is 28.5. The number of amides is 1. The molecular weight excluding hydrogens is 569 g/mol. The Morgan fingerprint density at radius 1 is 1.05 bits per heavy atom. The van der Waals surface area contributed by atoms with E-state index in [1.807, 2.05) is 17.5 Å². The molecule has 0 bridgehead atoms. The average Bonchev–Trinajstić information content (AvgIpc) is 3.42. The Balaban J connectivity index is 1.39. The van der Waals surface area contributed by atoms with E-state index in [9.17, 15) is 23.7 Å². The van der Waals surface area contributed by atoms with Gasteiger partial charge in [-0.25, -0.2) is 28.1 Å². The number of aryl methyl sites for hydroxylation is 2. The Bertz CT molecular complexity index is 1740. The molecule has 0 saturated carbocycles. The van der Waals surface area contributed by atoms with Gasteiger partial charge in [0.2, 0.25) is 11.9 Å². The van der Waals surface area contributed by atoms with Gasteiger partial charge in [0.25, 0.3) is 10.0 Å². The van der Waals surface area contributed by atoms with Gasteiger partial charge in [-0.05, 0) is 55.6 Å². The number of rotatable bonds is 9. The van der Waals surface area contributed by atoms with Gasteiger partial charge in [0.15, 0.2) is 0 Å². The van der Waals surface area contributed by atoms with E-state index in [0.29, 0.717) is 27.7 Å². The van der Waals surface area contributed by atoms with Crippen molar-refractivity contribution in [2.75, 3.05) is 21.5 Å². The zero-order valence-corrected chi connectivity index (χ0v) is 23.7. The average molecular weight is 591 g/mol. The third-order valence-electron chi connectivity index (χ3n) is 5.41. The molecule has 11 nitrogen and oxygen atoms in total. The molecule has 0 aliphatic carbocycles. The van der Waals surface area contributed by atoms with Crippen LogP contribution in [0.15, 0.2) is 57.8 Å². The summed E-state index contributed by atoms with van der Waals surface area (Å²) in [6.07, 6.45) is 0.0805. The minimum Gasteiger partial charge on any atom is -0.383 e. The molecule has 3 aromatic heterocycles. The maximum atomic E-state index is 12.7. The Morgan fingerprint density at radius 2 is 1.73 bits per heavy atom. The van der Waals surface area contributed by atoms with Crippen LogP contribution in [0.4, 0.5) is 17.5 Å². The number of benzene rings is 1. The Kier molecular flexibility index (Phi) is 8.64. The molecular formula is C26H22N8O3S3. The normalized spacial score (nSPS) is 10.9. The highest BCUT2D eigenvalue weighted by atomic mass is 32.2. The monoisotopic (exact) mass is 590 g/mol. The summed E-state index contributed by atoms with van der Waals surface area (Å²) in [4.78, 5) is 25.7. The van der Waals surface area contributed by atoms with Crippen LogP contribution in [0.5, 0.6) is 0 Å². The van der Waals surface area contributed by atoms with Crippen LogP contribution >= 0.6 is 23.1 Å². The van der Waals surface area contributed by atoms with E-state index in [-0.39, 0.29) is 45.9 Å². The van der Waals surface area contributed by atoms with Gasteiger partial charge in [-0.2, -0.15) is 10.5 Å². The number of nitriles is 2. The summed E-state index contributed by atoms with van der Waals surface area (Å²) in [6.45, 7) is 3.48. The third-order valence-corrected chi connectivity index (χ3v) is 8.62. The summed E-state index contributed by atoms with van der Waals surface area (Å²) in [6, 6.07) is 15.2. The van der Waals surface area contributed by atoms with Crippen LogP contribution < -0.4 is 15.8 Å². The fourth-order valence-electron chi connectivity index (χ4n) is 3.70. The molecule has 40 heavy (non-hydrogen) atoms. The van der Waals surface area contributed by atoms with Gasteiger partial charge in [-0.3, -0.25) is 4.79 Å². The van der Waals surface area contributed by atoms with Gasteiger partial charge in [0.05, 0.1) is 10.5 Å². The summed E-state index contributed by atoms with van der Waals surface area (Å²) < 4.78 is 27.8. The number of anilines is 3. The van der Waals surface area contributed by atoms with Crippen LogP contribution in [0.25, 0.3) is 10.4 Å². The lowest BCUT2D eigenvalue weighted by Crippen LogP contribution is -2.16. The van der Waals surface area contributed by atoms with Crippen molar-refractivity contribution in [3.05, 3.63) is 70.4 Å². The van der Waals surface area contributed by atoms with Crippen molar-refractivity contribution in [2.24, 2.45) is 0 Å². The van der Waals surface area contributed by atoms with Gasteiger partial charge in [0.1, 0.15) is 28.5 Å². The van der Waals surface area contributed by atoms with Crippen molar-refractivity contribution < 1.29 is 13.2 Å². The van der Waals surface area contributed by atoms with E-state index in [0.717, 1.165) is 4.88 Å². The van der Waals surface area contributed by atoms with Crippen molar-refractivity contribution in [1.29, 1.82) is 10.5 Å². The number of carbonyl (C=O) groups excluding carboxylic acids is 1. The minimum absolute atomic E-state index is 0.0149. The maximum Gasteiger partial charge on any atom is 0.264 e. The lowest BCUT2D eigenvalue weighted by Gasteiger charge is -2.12. The second kappa shape index (κ2) is 12.1. The predicted molar refractivity (Wildman–Crippen MR) is 154 cm³/mol. The van der Waals surface area contributed by atoms with Gasteiger partial charge >= 0.3 is 0 Å². The summed E-state index contributed by atoms with van der Waals surface area (Å²) in [5.41, 5.74) is 8.50. The molecule has 3 heterocycles. The van der Waals surface area contributed by atoms with Crippen LogP contribution in [-0.2, 0) is 14.8 Å². The molecule has 0 unspecified atom stereocenters. The van der Waals surface area contributed by atoms with Gasteiger partial charge < -0.3 is 11.1 Å². The van der Waals surface area contributed by atoms with Crippen molar-refractivity contribution in [3.63, 3.8) is 0 Å². The number of thiophene rings is 1. The number of carbonyl (C=O) groups is 1. The van der Waals surface area contributed by atoms with Crippen LogP contribution in [-0.4, -0.2) is 35.0 Å². The number of nitrogens with two attached hydrogens (primary N) is 1. The number of nitrogen functional groups attached to an aromatic ring is 1. The maximum absolute atomic E-state index is 12.7. The number of hydrogen-bond acceptors (Lipinski definition) is 11. The van der Waals surface area contributed by atoms with Crippen LogP contribution in [0, 0.1) is 36.5 Å². The van der Waals surface area contributed by atoms with Gasteiger partial charge in [0, 0.05) is 39.7 Å². The Labute approximate surface area is 239 Å². The molecule has 1 amide bonds.